The summed E-state index contributed by atoms with van der Waals surface area (Å²) in [6, 6.07) is 0. The first kappa shape index (κ1) is 7.20. The molecule has 0 aliphatic carbocycles. The number of hydrogen-bond acceptors (Lipinski definition) is 3. The van der Waals surface area contributed by atoms with E-state index in [0.717, 1.165) is 4.90 Å². The van der Waals surface area contributed by atoms with Gasteiger partial charge in [-0.3, -0.25) is 24.8 Å². The minimum absolute atomic E-state index is 0.180. The van der Waals surface area contributed by atoms with Crippen LogP contribution in [0.25, 0.3) is 0 Å². The predicted molar refractivity (Wildman–Crippen MR) is 37.1 cm³/mol. The van der Waals surface area contributed by atoms with E-state index in [1.165, 1.54) is 0 Å². The Morgan fingerprint density at radius 3 is 3.08 bits per heavy atom. The average Bonchev–Trinajstić information content (AvgIpc) is 2.48. The number of aliphatic imine (C=N–C) groups is 1. The molecule has 2 rings (SSSR count). The number of hydrogen-bond donors (Lipinski definition) is 1. The highest BCUT2D eigenvalue weighted by Crippen LogP contribution is 2.10. The zero-order valence-electron chi connectivity index (χ0n) is 6.08. The van der Waals surface area contributed by atoms with Gasteiger partial charge in [0.05, 0.1) is 6.54 Å². The molecule has 2 amide bonds. The molecule has 6 heteroatoms. The predicted octanol–water partition coefficient (Wildman–Crippen LogP) is -1.35. The van der Waals surface area contributed by atoms with E-state index in [9.17, 15) is 14.0 Å². The van der Waals surface area contributed by atoms with Gasteiger partial charge in [0, 0.05) is 6.54 Å². The van der Waals surface area contributed by atoms with E-state index < -0.39 is 18.0 Å². The van der Waals surface area contributed by atoms with Gasteiger partial charge >= 0.3 is 0 Å². The number of amides is 2. The molecule has 2 aliphatic rings. The first-order chi connectivity index (χ1) is 5.70. The summed E-state index contributed by atoms with van der Waals surface area (Å²) < 4.78 is 12.8. The molecule has 0 bridgehead atoms. The smallest absolute Gasteiger partial charge is 0.273 e. The van der Waals surface area contributed by atoms with E-state index in [1.54, 1.807) is 0 Å². The molecule has 2 aliphatic heterocycles. The summed E-state index contributed by atoms with van der Waals surface area (Å²) in [7, 11) is 0. The van der Waals surface area contributed by atoms with E-state index in [0.29, 0.717) is 13.1 Å². The lowest BCUT2D eigenvalue weighted by Gasteiger charge is -2.25. The second kappa shape index (κ2) is 2.26. The summed E-state index contributed by atoms with van der Waals surface area (Å²) in [5, 5.41) is 2.20. The van der Waals surface area contributed by atoms with Crippen LogP contribution < -0.4 is 5.32 Å². The monoisotopic (exact) mass is 171 g/mol. The number of guanidine groups is 1. The molecule has 1 unspecified atom stereocenters. The van der Waals surface area contributed by atoms with Crippen molar-refractivity contribution in [3.63, 3.8) is 0 Å². The third-order valence-corrected chi connectivity index (χ3v) is 1.79. The molecule has 64 valence electrons. The van der Waals surface area contributed by atoms with Crippen molar-refractivity contribution in [2.24, 2.45) is 4.99 Å². The molecule has 0 saturated carbocycles. The van der Waals surface area contributed by atoms with Gasteiger partial charge in [0.2, 0.25) is 5.96 Å². The number of carbonyl (C=O) groups excluding carboxylic acids is 2. The SMILES string of the molecule is O=C1NC2=NCCN2C(=O)C1F. The zero-order valence-corrected chi connectivity index (χ0v) is 6.08. The molecule has 0 radical (unpaired) electrons. The van der Waals surface area contributed by atoms with E-state index in [-0.39, 0.29) is 5.96 Å². The highest BCUT2D eigenvalue weighted by molar-refractivity contribution is 6.19. The van der Waals surface area contributed by atoms with E-state index in [4.69, 9.17) is 0 Å². The van der Waals surface area contributed by atoms with Crippen LogP contribution >= 0.6 is 0 Å². The van der Waals surface area contributed by atoms with Crippen molar-refractivity contribution in [3.8, 4) is 0 Å². The van der Waals surface area contributed by atoms with Gasteiger partial charge < -0.3 is 0 Å². The second-order valence-electron chi connectivity index (χ2n) is 2.55. The third kappa shape index (κ3) is 0.806. The molecule has 1 atom stereocenters. The molecule has 5 nitrogen and oxygen atoms in total. The Bertz CT molecular complexity index is 289. The zero-order chi connectivity index (χ0) is 8.72. The van der Waals surface area contributed by atoms with Gasteiger partial charge in [-0.15, -0.1) is 0 Å². The molecule has 1 N–H and O–H groups in total. The minimum atomic E-state index is -2.07. The minimum Gasteiger partial charge on any atom is -0.293 e. The first-order valence-corrected chi connectivity index (χ1v) is 3.51. The van der Waals surface area contributed by atoms with Crippen molar-refractivity contribution in [2.75, 3.05) is 13.1 Å². The van der Waals surface area contributed by atoms with Gasteiger partial charge in [-0.25, -0.2) is 4.39 Å². The van der Waals surface area contributed by atoms with E-state index in [2.05, 4.69) is 10.3 Å². The van der Waals surface area contributed by atoms with Crippen LogP contribution in [0.2, 0.25) is 0 Å². The molecule has 12 heavy (non-hydrogen) atoms. The summed E-state index contributed by atoms with van der Waals surface area (Å²) in [5.74, 6) is -1.55. The van der Waals surface area contributed by atoms with Crippen LogP contribution in [0.15, 0.2) is 4.99 Å². The summed E-state index contributed by atoms with van der Waals surface area (Å²) >= 11 is 0. The Morgan fingerprint density at radius 2 is 2.33 bits per heavy atom. The summed E-state index contributed by atoms with van der Waals surface area (Å²) in [4.78, 5) is 26.7. The fourth-order valence-electron chi connectivity index (χ4n) is 1.19. The van der Waals surface area contributed by atoms with Crippen molar-refractivity contribution < 1.29 is 14.0 Å². The van der Waals surface area contributed by atoms with Gasteiger partial charge in [-0.1, -0.05) is 0 Å². The van der Waals surface area contributed by atoms with Gasteiger partial charge in [0.25, 0.3) is 18.0 Å². The lowest BCUT2D eigenvalue weighted by Crippen LogP contribution is -2.58. The van der Waals surface area contributed by atoms with Crippen LogP contribution in [0.4, 0.5) is 4.39 Å². The van der Waals surface area contributed by atoms with Crippen LogP contribution in [0.5, 0.6) is 0 Å². The van der Waals surface area contributed by atoms with Gasteiger partial charge in [0.1, 0.15) is 0 Å². The molecule has 0 spiro atoms. The largest absolute Gasteiger partial charge is 0.293 e. The highest BCUT2D eigenvalue weighted by atomic mass is 19.1. The van der Waals surface area contributed by atoms with Crippen molar-refractivity contribution in [1.29, 1.82) is 0 Å². The summed E-state index contributed by atoms with van der Waals surface area (Å²) in [6.07, 6.45) is -2.07. The normalized spacial score (nSPS) is 28.2. The molecule has 0 aromatic carbocycles. The number of halogens is 1. The average molecular weight is 171 g/mol. The van der Waals surface area contributed by atoms with Crippen LogP contribution in [0.3, 0.4) is 0 Å². The number of alkyl halides is 1. The van der Waals surface area contributed by atoms with Crippen LogP contribution in [0, 0.1) is 0 Å². The van der Waals surface area contributed by atoms with E-state index in [1.807, 2.05) is 0 Å². The Hall–Kier alpha value is -1.46. The van der Waals surface area contributed by atoms with Crippen LogP contribution in [-0.2, 0) is 9.59 Å². The molecule has 2 heterocycles. The quantitative estimate of drug-likeness (QED) is 0.458. The maximum Gasteiger partial charge on any atom is 0.273 e. The summed E-state index contributed by atoms with van der Waals surface area (Å²) in [5.41, 5.74) is 0. The summed E-state index contributed by atoms with van der Waals surface area (Å²) in [6.45, 7) is 0.781. The Balaban J connectivity index is 2.30. The molecule has 0 aromatic rings. The third-order valence-electron chi connectivity index (χ3n) is 1.79. The first-order valence-electron chi connectivity index (χ1n) is 3.51. The van der Waals surface area contributed by atoms with Crippen molar-refractivity contribution in [2.45, 2.75) is 6.17 Å². The Kier molecular flexibility index (Phi) is 1.36. The van der Waals surface area contributed by atoms with E-state index >= 15 is 0 Å². The molecule has 0 aromatic heterocycles. The topological polar surface area (TPSA) is 61.8 Å². The van der Waals surface area contributed by atoms with Gasteiger partial charge in [0.15, 0.2) is 0 Å². The van der Waals surface area contributed by atoms with Crippen LogP contribution in [0.1, 0.15) is 0 Å². The lowest BCUT2D eigenvalue weighted by atomic mass is 10.2. The van der Waals surface area contributed by atoms with Gasteiger partial charge in [-0.2, -0.15) is 0 Å². The highest BCUT2D eigenvalue weighted by Gasteiger charge is 2.40. The number of rotatable bonds is 0. The Labute approximate surface area is 67.2 Å². The molecular weight excluding hydrogens is 165 g/mol. The van der Waals surface area contributed by atoms with Crippen molar-refractivity contribution in [3.05, 3.63) is 0 Å². The molecular formula is C6H6FN3O2. The number of nitrogens with zero attached hydrogens (tertiary/aromatic N) is 2. The molecule has 1 fully saturated rings. The molecule has 1 saturated heterocycles. The lowest BCUT2D eigenvalue weighted by molar-refractivity contribution is -0.142. The maximum atomic E-state index is 12.8. The fraction of sp³-hybridized carbons (Fsp3) is 0.500. The maximum absolute atomic E-state index is 12.8. The second-order valence-corrected chi connectivity index (χ2v) is 2.55. The number of carbonyl (C=O) groups is 2. The standard InChI is InChI=1S/C6H6FN3O2/c7-3-4(11)9-6-8-1-2-10(6)5(3)12/h3H,1-2H2,(H,8,9,11). The van der Waals surface area contributed by atoms with Crippen molar-refractivity contribution in [1.82, 2.24) is 10.2 Å². The number of nitrogens with one attached hydrogen (secondary N) is 1. The van der Waals surface area contributed by atoms with Crippen molar-refractivity contribution >= 4 is 17.8 Å². The van der Waals surface area contributed by atoms with Gasteiger partial charge in [-0.05, 0) is 0 Å². The fourth-order valence-corrected chi connectivity index (χ4v) is 1.19. The van der Waals surface area contributed by atoms with Crippen LogP contribution in [-0.4, -0.2) is 41.9 Å². The number of fused-ring (bicyclic) bond motifs is 1. The Morgan fingerprint density at radius 1 is 1.58 bits per heavy atom.